The summed E-state index contributed by atoms with van der Waals surface area (Å²) in [5.41, 5.74) is 14.3. The van der Waals surface area contributed by atoms with Crippen LogP contribution in [-0.4, -0.2) is 18.7 Å². The van der Waals surface area contributed by atoms with Crippen LogP contribution in [0, 0.1) is 0 Å². The lowest BCUT2D eigenvalue weighted by atomic mass is 10.0. The van der Waals surface area contributed by atoms with Gasteiger partial charge in [-0.25, -0.2) is 4.98 Å². The van der Waals surface area contributed by atoms with Crippen molar-refractivity contribution in [2.24, 2.45) is 0 Å². The monoisotopic (exact) mass is 644 g/mol. The third-order valence-corrected chi connectivity index (χ3v) is 11.1. The first-order valence-electron chi connectivity index (χ1n) is 16.7. The van der Waals surface area contributed by atoms with E-state index < -0.39 is 0 Å². The number of nitrogens with zero attached hydrogens (tertiary/aromatic N) is 4. The topological polar surface area (TPSA) is 27.7 Å². The smallest absolute Gasteiger partial charge is 0.174 e. The van der Waals surface area contributed by atoms with Crippen molar-refractivity contribution < 1.29 is 0 Å². The highest BCUT2D eigenvalue weighted by Crippen LogP contribution is 2.40. The van der Waals surface area contributed by atoms with Gasteiger partial charge in [-0.2, -0.15) is 0 Å². The summed E-state index contributed by atoms with van der Waals surface area (Å²) in [5, 5.41) is 6.07. The summed E-state index contributed by atoms with van der Waals surface area (Å²) in [7, 11) is 0. The first kappa shape index (κ1) is 27.0. The molecule has 7 aromatic carbocycles. The standard InChI is InChI=1S/C44H28N4S/c1-2-11-31(12-3-1)46-39-16-8-5-13-33(39)35-24-28(18-21-41(35)46)29-19-22-42-36(25-29)34-14-6-9-17-40(34)47(42)32-20-23-43-37(26-32)45-44-48(43)38-15-7-4-10-30(38)27-49-44/h1-26H,27H2. The van der Waals surface area contributed by atoms with E-state index in [1.54, 1.807) is 0 Å². The SMILES string of the molecule is c1ccc(-n2c3ccccc3c3cc(-c4ccc5c(c4)c4ccccc4n5-c4ccc5c(c4)nc4n5-c5ccccc5CS4)ccc32)cc1. The molecule has 10 aromatic rings. The fraction of sp³-hybridized carbons (Fsp3) is 0.0227. The Morgan fingerprint density at radius 3 is 1.71 bits per heavy atom. The van der Waals surface area contributed by atoms with Gasteiger partial charge in [-0.15, -0.1) is 0 Å². The number of thioether (sulfide) groups is 1. The second kappa shape index (κ2) is 10.2. The van der Waals surface area contributed by atoms with Crippen LogP contribution in [0.15, 0.2) is 163 Å². The van der Waals surface area contributed by atoms with Crippen molar-refractivity contribution in [1.29, 1.82) is 0 Å². The van der Waals surface area contributed by atoms with Crippen LogP contribution < -0.4 is 0 Å². The Hall–Kier alpha value is -6.04. The van der Waals surface area contributed by atoms with Gasteiger partial charge in [-0.05, 0) is 89.5 Å². The average molecular weight is 645 g/mol. The Morgan fingerprint density at radius 1 is 0.429 bits per heavy atom. The average Bonchev–Trinajstić information content (AvgIpc) is 3.82. The molecule has 0 bridgehead atoms. The number of fused-ring (bicyclic) bond motifs is 11. The fourth-order valence-electron chi connectivity index (χ4n) is 7.95. The summed E-state index contributed by atoms with van der Waals surface area (Å²) in [4.78, 5) is 5.11. The Balaban J connectivity index is 1.08. The van der Waals surface area contributed by atoms with Crippen LogP contribution in [0.2, 0.25) is 0 Å². The van der Waals surface area contributed by atoms with Gasteiger partial charge in [0, 0.05) is 38.7 Å². The van der Waals surface area contributed by atoms with Gasteiger partial charge in [0.15, 0.2) is 5.16 Å². The molecule has 0 spiro atoms. The van der Waals surface area contributed by atoms with Gasteiger partial charge in [-0.3, -0.25) is 4.57 Å². The number of imidazole rings is 1. The Bertz CT molecular complexity index is 2940. The number of benzene rings is 7. The molecule has 0 radical (unpaired) electrons. The minimum absolute atomic E-state index is 0.948. The van der Waals surface area contributed by atoms with Crippen molar-refractivity contribution in [1.82, 2.24) is 18.7 Å². The quantitative estimate of drug-likeness (QED) is 0.191. The summed E-state index contributed by atoms with van der Waals surface area (Å²) in [6, 6.07) is 57.4. The van der Waals surface area contributed by atoms with Crippen molar-refractivity contribution in [2.45, 2.75) is 10.9 Å². The molecule has 4 nitrogen and oxygen atoms in total. The second-order valence-corrected chi connectivity index (χ2v) is 13.8. The highest BCUT2D eigenvalue weighted by molar-refractivity contribution is 7.98. The van der Waals surface area contributed by atoms with E-state index in [4.69, 9.17) is 4.98 Å². The highest BCUT2D eigenvalue weighted by Gasteiger charge is 2.22. The summed E-state index contributed by atoms with van der Waals surface area (Å²) < 4.78 is 7.08. The molecule has 1 aliphatic rings. The van der Waals surface area contributed by atoms with E-state index in [-0.39, 0.29) is 0 Å². The zero-order valence-electron chi connectivity index (χ0n) is 26.4. The van der Waals surface area contributed by atoms with Crippen LogP contribution in [0.25, 0.3) is 82.8 Å². The summed E-state index contributed by atoms with van der Waals surface area (Å²) in [6.07, 6.45) is 0. The number of hydrogen-bond acceptors (Lipinski definition) is 2. The van der Waals surface area contributed by atoms with E-state index in [0.717, 1.165) is 27.6 Å². The second-order valence-electron chi connectivity index (χ2n) is 12.8. The molecule has 0 saturated carbocycles. The van der Waals surface area contributed by atoms with Gasteiger partial charge in [0.25, 0.3) is 0 Å². The normalized spacial score (nSPS) is 12.7. The van der Waals surface area contributed by atoms with Crippen molar-refractivity contribution in [3.8, 4) is 28.2 Å². The first-order chi connectivity index (χ1) is 24.3. The molecule has 0 saturated heterocycles. The minimum Gasteiger partial charge on any atom is -0.309 e. The van der Waals surface area contributed by atoms with Crippen molar-refractivity contribution in [3.63, 3.8) is 0 Å². The van der Waals surface area contributed by atoms with Gasteiger partial charge in [0.05, 0.1) is 38.8 Å². The predicted octanol–water partition coefficient (Wildman–Crippen LogP) is 11.5. The van der Waals surface area contributed by atoms with Crippen molar-refractivity contribution in [2.75, 3.05) is 0 Å². The van der Waals surface area contributed by atoms with E-state index in [0.29, 0.717) is 0 Å². The molecular formula is C44H28N4S. The molecule has 0 fully saturated rings. The molecule has 11 rings (SSSR count). The Kier molecular flexibility index (Phi) is 5.63. The lowest BCUT2D eigenvalue weighted by Crippen LogP contribution is -2.05. The zero-order chi connectivity index (χ0) is 32.1. The third kappa shape index (κ3) is 3.91. The fourth-order valence-corrected chi connectivity index (χ4v) is 8.96. The predicted molar refractivity (Wildman–Crippen MR) is 205 cm³/mol. The van der Waals surface area contributed by atoms with E-state index >= 15 is 0 Å². The largest absolute Gasteiger partial charge is 0.309 e. The lowest BCUT2D eigenvalue weighted by molar-refractivity contribution is 0.894. The van der Waals surface area contributed by atoms with Crippen LogP contribution in [0.3, 0.4) is 0 Å². The first-order valence-corrected chi connectivity index (χ1v) is 17.6. The molecule has 230 valence electrons. The van der Waals surface area contributed by atoms with Crippen molar-refractivity contribution >= 4 is 66.4 Å². The van der Waals surface area contributed by atoms with Gasteiger partial charge >= 0.3 is 0 Å². The molecule has 3 aromatic heterocycles. The van der Waals surface area contributed by atoms with E-state index in [1.165, 1.54) is 71.7 Å². The number of rotatable bonds is 3. The molecule has 5 heteroatoms. The van der Waals surface area contributed by atoms with E-state index in [2.05, 4.69) is 171 Å². The number of hydrogen-bond donors (Lipinski definition) is 0. The third-order valence-electron chi connectivity index (χ3n) is 10.1. The summed E-state index contributed by atoms with van der Waals surface area (Å²) >= 11 is 1.81. The van der Waals surface area contributed by atoms with Gasteiger partial charge in [0.2, 0.25) is 0 Å². The molecule has 4 heterocycles. The Labute approximate surface area is 286 Å². The maximum atomic E-state index is 5.11. The lowest BCUT2D eigenvalue weighted by Gasteiger charge is -2.18. The molecule has 0 atom stereocenters. The van der Waals surface area contributed by atoms with Gasteiger partial charge in [0.1, 0.15) is 0 Å². The molecule has 0 N–H and O–H groups in total. The van der Waals surface area contributed by atoms with Crippen LogP contribution in [-0.2, 0) is 5.75 Å². The zero-order valence-corrected chi connectivity index (χ0v) is 27.2. The minimum atomic E-state index is 0.948. The highest BCUT2D eigenvalue weighted by atomic mass is 32.2. The van der Waals surface area contributed by atoms with Crippen LogP contribution >= 0.6 is 11.8 Å². The maximum Gasteiger partial charge on any atom is 0.174 e. The van der Waals surface area contributed by atoms with Gasteiger partial charge < -0.3 is 9.13 Å². The summed E-state index contributed by atoms with van der Waals surface area (Å²) in [5.74, 6) is 0.948. The molecule has 0 amide bonds. The van der Waals surface area contributed by atoms with Crippen molar-refractivity contribution in [3.05, 3.63) is 163 Å². The van der Waals surface area contributed by atoms with Crippen LogP contribution in [0.5, 0.6) is 0 Å². The molecule has 1 aliphatic heterocycles. The molecule has 0 unspecified atom stereocenters. The molecule has 0 aliphatic carbocycles. The number of para-hydroxylation sites is 4. The van der Waals surface area contributed by atoms with Crippen LogP contribution in [0.4, 0.5) is 0 Å². The Morgan fingerprint density at radius 2 is 1.00 bits per heavy atom. The van der Waals surface area contributed by atoms with Crippen LogP contribution in [0.1, 0.15) is 5.56 Å². The van der Waals surface area contributed by atoms with E-state index in [9.17, 15) is 0 Å². The van der Waals surface area contributed by atoms with E-state index in [1.807, 2.05) is 11.8 Å². The number of aromatic nitrogens is 4. The van der Waals surface area contributed by atoms with Gasteiger partial charge in [-0.1, -0.05) is 96.7 Å². The summed E-state index contributed by atoms with van der Waals surface area (Å²) in [6.45, 7) is 0. The maximum absolute atomic E-state index is 5.11. The molecular weight excluding hydrogens is 617 g/mol. The molecule has 49 heavy (non-hydrogen) atoms.